The summed E-state index contributed by atoms with van der Waals surface area (Å²) in [6.45, 7) is 4.79. The number of hydrogen-bond acceptors (Lipinski definition) is 4. The Bertz CT molecular complexity index is 1210. The molecule has 1 heterocycles. The summed E-state index contributed by atoms with van der Waals surface area (Å²) in [5, 5.41) is 6.70. The van der Waals surface area contributed by atoms with E-state index in [1.165, 1.54) is 12.8 Å². The molecule has 4 N–H and O–H groups in total. The number of nitrogens with zero attached hydrogens (tertiary/aromatic N) is 1. The van der Waals surface area contributed by atoms with Crippen LogP contribution in [0.15, 0.2) is 36.4 Å². The molecule has 7 nitrogen and oxygen atoms in total. The molecule has 0 radical (unpaired) electrons. The Balaban J connectivity index is 1.69. The first-order valence-corrected chi connectivity index (χ1v) is 14.0. The van der Waals surface area contributed by atoms with Crippen molar-refractivity contribution in [3.8, 4) is 0 Å². The Morgan fingerprint density at radius 3 is 2.55 bits per heavy atom. The maximum atomic E-state index is 13.8. The molecule has 0 saturated heterocycles. The van der Waals surface area contributed by atoms with E-state index in [0.29, 0.717) is 58.0 Å². The standard InChI is InChI=1S/C29H36Cl2N4O3/c1-29(2,16-32)17-33-28(38)19-8-11-24-23(13-19)34-26(36)15-25(21-10-9-20(30)14-22(21)31)35(24)27(37)12-7-18-5-3-4-6-18/h8-11,13-14,18,25H,3-7,12,15-17,32H2,1-2H3,(H,33,38)(H,34,36). The Labute approximate surface area is 234 Å². The van der Waals surface area contributed by atoms with Crippen LogP contribution >= 0.6 is 23.2 Å². The van der Waals surface area contributed by atoms with Crippen molar-refractivity contribution in [2.75, 3.05) is 23.3 Å². The van der Waals surface area contributed by atoms with Gasteiger partial charge in [0.05, 0.1) is 23.8 Å². The highest BCUT2D eigenvalue weighted by Crippen LogP contribution is 2.42. The van der Waals surface area contributed by atoms with Crippen LogP contribution in [-0.4, -0.2) is 30.8 Å². The van der Waals surface area contributed by atoms with E-state index in [1.807, 2.05) is 13.8 Å². The second-order valence-electron chi connectivity index (χ2n) is 11.2. The molecule has 1 fully saturated rings. The van der Waals surface area contributed by atoms with Crippen LogP contribution in [0.2, 0.25) is 10.0 Å². The van der Waals surface area contributed by atoms with Gasteiger partial charge < -0.3 is 21.3 Å². The van der Waals surface area contributed by atoms with Crippen molar-refractivity contribution < 1.29 is 14.4 Å². The van der Waals surface area contributed by atoms with E-state index in [4.69, 9.17) is 28.9 Å². The van der Waals surface area contributed by atoms with Crippen LogP contribution in [0.4, 0.5) is 11.4 Å². The number of fused-ring (bicyclic) bond motifs is 1. The first kappa shape index (κ1) is 28.4. The number of benzene rings is 2. The van der Waals surface area contributed by atoms with Gasteiger partial charge >= 0.3 is 0 Å². The molecule has 0 bridgehead atoms. The molecular weight excluding hydrogens is 523 g/mol. The van der Waals surface area contributed by atoms with Crippen molar-refractivity contribution in [1.29, 1.82) is 0 Å². The number of carbonyl (C=O) groups is 3. The highest BCUT2D eigenvalue weighted by Gasteiger charge is 2.35. The van der Waals surface area contributed by atoms with E-state index in [1.54, 1.807) is 41.3 Å². The van der Waals surface area contributed by atoms with E-state index in [0.717, 1.165) is 19.3 Å². The first-order chi connectivity index (χ1) is 18.1. The average Bonchev–Trinajstić information content (AvgIpc) is 3.35. The maximum absolute atomic E-state index is 13.8. The minimum absolute atomic E-state index is 0.0252. The van der Waals surface area contributed by atoms with Gasteiger partial charge in [0.15, 0.2) is 0 Å². The lowest BCUT2D eigenvalue weighted by Crippen LogP contribution is -2.38. The zero-order chi connectivity index (χ0) is 27.4. The fourth-order valence-electron chi connectivity index (χ4n) is 5.19. The Morgan fingerprint density at radius 1 is 1.13 bits per heavy atom. The number of rotatable bonds is 8. The molecule has 1 saturated carbocycles. The molecule has 4 rings (SSSR count). The van der Waals surface area contributed by atoms with Crippen molar-refractivity contribution in [2.45, 2.75) is 64.8 Å². The van der Waals surface area contributed by atoms with Gasteiger partial charge in [-0.15, -0.1) is 0 Å². The number of carbonyl (C=O) groups excluding carboxylic acids is 3. The van der Waals surface area contributed by atoms with Crippen molar-refractivity contribution in [2.24, 2.45) is 17.1 Å². The van der Waals surface area contributed by atoms with Gasteiger partial charge in [0.1, 0.15) is 0 Å². The van der Waals surface area contributed by atoms with E-state index >= 15 is 0 Å². The quantitative estimate of drug-likeness (QED) is 0.364. The van der Waals surface area contributed by atoms with Crippen molar-refractivity contribution in [3.05, 3.63) is 57.6 Å². The molecule has 2 aliphatic rings. The molecule has 38 heavy (non-hydrogen) atoms. The Hall–Kier alpha value is -2.61. The summed E-state index contributed by atoms with van der Waals surface area (Å²) < 4.78 is 0. The van der Waals surface area contributed by atoms with Crippen molar-refractivity contribution in [3.63, 3.8) is 0 Å². The molecular formula is C29H36Cl2N4O3. The lowest BCUT2D eigenvalue weighted by Gasteiger charge is -2.32. The van der Waals surface area contributed by atoms with Crippen LogP contribution in [0.3, 0.4) is 0 Å². The molecule has 1 unspecified atom stereocenters. The lowest BCUT2D eigenvalue weighted by molar-refractivity contribution is -0.119. The van der Waals surface area contributed by atoms with Crippen LogP contribution in [0.25, 0.3) is 0 Å². The Kier molecular flexibility index (Phi) is 9.01. The fraction of sp³-hybridized carbons (Fsp3) is 0.483. The summed E-state index contributed by atoms with van der Waals surface area (Å²) in [6, 6.07) is 9.53. The van der Waals surface area contributed by atoms with Crippen LogP contribution < -0.4 is 21.3 Å². The van der Waals surface area contributed by atoms with Gasteiger partial charge in [-0.25, -0.2) is 0 Å². The smallest absolute Gasteiger partial charge is 0.251 e. The number of hydrogen-bond donors (Lipinski definition) is 3. The number of nitrogens with two attached hydrogens (primary N) is 1. The summed E-state index contributed by atoms with van der Waals surface area (Å²) >= 11 is 12.7. The molecule has 9 heteroatoms. The molecule has 2 aromatic rings. The fourth-order valence-corrected chi connectivity index (χ4v) is 5.73. The normalized spacial score (nSPS) is 18.1. The minimum Gasteiger partial charge on any atom is -0.351 e. The molecule has 1 aliphatic carbocycles. The van der Waals surface area contributed by atoms with E-state index in [-0.39, 0.29) is 29.6 Å². The van der Waals surface area contributed by atoms with E-state index in [9.17, 15) is 14.4 Å². The Morgan fingerprint density at radius 2 is 1.87 bits per heavy atom. The molecule has 3 amide bonds. The summed E-state index contributed by atoms with van der Waals surface area (Å²) in [5.41, 5.74) is 7.54. The molecule has 0 spiro atoms. The van der Waals surface area contributed by atoms with Crippen LogP contribution in [0.5, 0.6) is 0 Å². The third-order valence-electron chi connectivity index (χ3n) is 7.59. The average molecular weight is 560 g/mol. The predicted molar refractivity (Wildman–Crippen MR) is 153 cm³/mol. The van der Waals surface area contributed by atoms with Gasteiger partial charge in [-0.1, -0.05) is 68.8 Å². The zero-order valence-electron chi connectivity index (χ0n) is 22.0. The van der Waals surface area contributed by atoms with E-state index < -0.39 is 6.04 Å². The molecule has 204 valence electrons. The lowest BCUT2D eigenvalue weighted by atomic mass is 9.94. The topological polar surface area (TPSA) is 105 Å². The predicted octanol–water partition coefficient (Wildman–Crippen LogP) is 6.10. The number of amides is 3. The second kappa shape index (κ2) is 12.1. The van der Waals surface area contributed by atoms with Gasteiger partial charge in [0, 0.05) is 28.6 Å². The van der Waals surface area contributed by atoms with Crippen LogP contribution in [-0.2, 0) is 9.59 Å². The summed E-state index contributed by atoms with van der Waals surface area (Å²) in [6.07, 6.45) is 5.92. The van der Waals surface area contributed by atoms with Crippen molar-refractivity contribution >= 4 is 52.3 Å². The van der Waals surface area contributed by atoms with Gasteiger partial charge in [0.25, 0.3) is 5.91 Å². The largest absolute Gasteiger partial charge is 0.351 e. The molecule has 1 aliphatic heterocycles. The SMILES string of the molecule is CC(C)(CN)CNC(=O)c1ccc2c(c1)NC(=O)CC(c1ccc(Cl)cc1Cl)N2C(=O)CCC1CCCC1. The van der Waals surface area contributed by atoms with Gasteiger partial charge in [-0.3, -0.25) is 14.4 Å². The van der Waals surface area contributed by atoms with Gasteiger partial charge in [-0.2, -0.15) is 0 Å². The van der Waals surface area contributed by atoms with Crippen LogP contribution in [0.1, 0.15) is 80.8 Å². The molecule has 1 atom stereocenters. The zero-order valence-corrected chi connectivity index (χ0v) is 23.5. The van der Waals surface area contributed by atoms with Crippen molar-refractivity contribution in [1.82, 2.24) is 5.32 Å². The third-order valence-corrected chi connectivity index (χ3v) is 8.16. The van der Waals surface area contributed by atoms with Crippen LogP contribution in [0, 0.1) is 11.3 Å². The monoisotopic (exact) mass is 558 g/mol. The summed E-state index contributed by atoms with van der Waals surface area (Å²) in [7, 11) is 0. The van der Waals surface area contributed by atoms with Gasteiger partial charge in [0.2, 0.25) is 11.8 Å². The van der Waals surface area contributed by atoms with Gasteiger partial charge in [-0.05, 0) is 60.2 Å². The summed E-state index contributed by atoms with van der Waals surface area (Å²) in [4.78, 5) is 41.5. The first-order valence-electron chi connectivity index (χ1n) is 13.3. The second-order valence-corrected chi connectivity index (χ2v) is 12.0. The minimum atomic E-state index is -0.609. The van der Waals surface area contributed by atoms with E-state index in [2.05, 4.69) is 10.6 Å². The third kappa shape index (κ3) is 6.68. The number of anilines is 2. The summed E-state index contributed by atoms with van der Waals surface area (Å²) in [5.74, 6) is -0.0708. The molecule has 0 aromatic heterocycles. The maximum Gasteiger partial charge on any atom is 0.251 e. The highest BCUT2D eigenvalue weighted by atomic mass is 35.5. The number of nitrogens with one attached hydrogen (secondary N) is 2. The number of halogens is 2. The molecule has 2 aromatic carbocycles. The highest BCUT2D eigenvalue weighted by molar-refractivity contribution is 6.35.